The van der Waals surface area contributed by atoms with Gasteiger partial charge in [0.05, 0.1) is 13.2 Å². The van der Waals surface area contributed by atoms with Crippen molar-refractivity contribution in [1.82, 2.24) is 0 Å². The molecule has 1 aliphatic heterocycles. The molecule has 1 N–H and O–H groups in total. The number of likely N-dealkylation sites (tertiary alicyclic amines) is 1. The molecule has 0 aliphatic carbocycles. The van der Waals surface area contributed by atoms with Crippen LogP contribution in [0.15, 0.2) is 0 Å². The van der Waals surface area contributed by atoms with Crippen LogP contribution >= 0.6 is 0 Å². The number of hydrogen-bond acceptors (Lipinski definition) is 3. The third-order valence-corrected chi connectivity index (χ3v) is 3.07. The van der Waals surface area contributed by atoms with Crippen LogP contribution in [0.3, 0.4) is 0 Å². The van der Waals surface area contributed by atoms with Gasteiger partial charge >= 0.3 is 0 Å². The van der Waals surface area contributed by atoms with Gasteiger partial charge in [-0.2, -0.15) is 0 Å². The predicted octanol–water partition coefficient (Wildman–Crippen LogP) is 0.556. The van der Waals surface area contributed by atoms with E-state index in [2.05, 4.69) is 0 Å². The zero-order valence-electron chi connectivity index (χ0n) is 9.24. The average Bonchev–Trinajstić information content (AvgIpc) is 2.20. The average molecular weight is 204 g/mol. The summed E-state index contributed by atoms with van der Waals surface area (Å²) >= 11 is 0. The van der Waals surface area contributed by atoms with Gasteiger partial charge < -0.3 is 14.6 Å². The highest BCUT2D eigenvalue weighted by Crippen LogP contribution is 2.23. The molecule has 0 amide bonds. The Hall–Kier alpha value is -0.160. The SMILES string of the molecule is COCC[N+]1(COC)CCCCC1O. The predicted molar refractivity (Wildman–Crippen MR) is 53.6 cm³/mol. The molecule has 84 valence electrons. The summed E-state index contributed by atoms with van der Waals surface area (Å²) in [5, 5.41) is 10.0. The molecule has 4 heteroatoms. The van der Waals surface area contributed by atoms with Gasteiger partial charge in [0, 0.05) is 20.6 Å². The van der Waals surface area contributed by atoms with Crippen LogP contribution in [0.1, 0.15) is 19.3 Å². The lowest BCUT2D eigenvalue weighted by molar-refractivity contribution is -0.991. The Labute approximate surface area is 86.0 Å². The molecule has 0 radical (unpaired) electrons. The molecule has 1 fully saturated rings. The van der Waals surface area contributed by atoms with Gasteiger partial charge in [-0.05, 0) is 12.8 Å². The Kier molecular flexibility index (Phi) is 4.81. The number of methoxy groups -OCH3 is 2. The maximum Gasteiger partial charge on any atom is 0.192 e. The van der Waals surface area contributed by atoms with Gasteiger partial charge in [0.15, 0.2) is 13.0 Å². The summed E-state index contributed by atoms with van der Waals surface area (Å²) in [5.74, 6) is 0. The fourth-order valence-corrected chi connectivity index (χ4v) is 2.18. The normalized spacial score (nSPS) is 33.2. The van der Waals surface area contributed by atoms with E-state index in [9.17, 15) is 5.11 Å². The minimum Gasteiger partial charge on any atom is -0.379 e. The molecule has 0 saturated carbocycles. The summed E-state index contributed by atoms with van der Waals surface area (Å²) in [6.45, 7) is 3.11. The first kappa shape index (κ1) is 11.9. The second kappa shape index (κ2) is 5.66. The molecule has 1 aliphatic rings. The molecule has 0 spiro atoms. The molecule has 0 aromatic heterocycles. The number of rotatable bonds is 5. The smallest absolute Gasteiger partial charge is 0.192 e. The molecule has 0 aromatic rings. The zero-order valence-corrected chi connectivity index (χ0v) is 9.24. The molecular weight excluding hydrogens is 182 g/mol. The molecule has 14 heavy (non-hydrogen) atoms. The lowest BCUT2D eigenvalue weighted by Gasteiger charge is -2.44. The van der Waals surface area contributed by atoms with Crippen LogP contribution in [-0.4, -0.2) is 56.5 Å². The summed E-state index contributed by atoms with van der Waals surface area (Å²) in [5.41, 5.74) is 0. The van der Waals surface area contributed by atoms with Gasteiger partial charge in [-0.25, -0.2) is 0 Å². The molecule has 1 saturated heterocycles. The Morgan fingerprint density at radius 2 is 2.07 bits per heavy atom. The van der Waals surface area contributed by atoms with E-state index in [0.29, 0.717) is 17.8 Å². The Morgan fingerprint density at radius 1 is 1.29 bits per heavy atom. The second-order valence-corrected chi connectivity index (χ2v) is 4.05. The van der Waals surface area contributed by atoms with Crippen LogP contribution in [-0.2, 0) is 9.47 Å². The first-order chi connectivity index (χ1) is 6.75. The maximum atomic E-state index is 10.0. The molecule has 2 atom stereocenters. The summed E-state index contributed by atoms with van der Waals surface area (Å²) < 4.78 is 10.9. The lowest BCUT2D eigenvalue weighted by Crippen LogP contribution is -2.60. The summed E-state index contributed by atoms with van der Waals surface area (Å²) in [6.07, 6.45) is 2.90. The van der Waals surface area contributed by atoms with Crippen molar-refractivity contribution in [3.05, 3.63) is 0 Å². The van der Waals surface area contributed by atoms with Crippen LogP contribution in [0.4, 0.5) is 0 Å². The van der Waals surface area contributed by atoms with Crippen molar-refractivity contribution in [3.63, 3.8) is 0 Å². The lowest BCUT2D eigenvalue weighted by atomic mass is 10.1. The van der Waals surface area contributed by atoms with Crippen LogP contribution < -0.4 is 0 Å². The highest BCUT2D eigenvalue weighted by molar-refractivity contribution is 4.56. The van der Waals surface area contributed by atoms with Gasteiger partial charge in [0.1, 0.15) is 6.54 Å². The number of nitrogens with zero attached hydrogens (tertiary/aromatic N) is 1. The van der Waals surface area contributed by atoms with Crippen LogP contribution in [0.2, 0.25) is 0 Å². The zero-order chi connectivity index (χ0) is 10.4. The molecule has 2 unspecified atom stereocenters. The Bertz CT molecular complexity index is 161. The number of ether oxygens (including phenoxy) is 2. The van der Waals surface area contributed by atoms with Gasteiger partial charge in [-0.15, -0.1) is 0 Å². The third-order valence-electron chi connectivity index (χ3n) is 3.07. The van der Waals surface area contributed by atoms with Gasteiger partial charge in [0.2, 0.25) is 0 Å². The highest BCUT2D eigenvalue weighted by atomic mass is 16.5. The van der Waals surface area contributed by atoms with E-state index in [0.717, 1.165) is 25.9 Å². The Balaban J connectivity index is 2.57. The highest BCUT2D eigenvalue weighted by Gasteiger charge is 2.37. The molecule has 4 nitrogen and oxygen atoms in total. The number of quaternary nitrogens is 1. The second-order valence-electron chi connectivity index (χ2n) is 4.05. The minimum absolute atomic E-state index is 0.279. The van der Waals surface area contributed by atoms with E-state index < -0.39 is 0 Å². The number of aliphatic hydroxyl groups excluding tert-OH is 1. The van der Waals surface area contributed by atoms with E-state index >= 15 is 0 Å². The van der Waals surface area contributed by atoms with E-state index in [1.807, 2.05) is 0 Å². The first-order valence-corrected chi connectivity index (χ1v) is 5.27. The van der Waals surface area contributed by atoms with Crippen molar-refractivity contribution in [2.45, 2.75) is 25.5 Å². The van der Waals surface area contributed by atoms with Crippen molar-refractivity contribution in [3.8, 4) is 0 Å². The number of aliphatic hydroxyl groups is 1. The van der Waals surface area contributed by atoms with Crippen molar-refractivity contribution in [2.24, 2.45) is 0 Å². The van der Waals surface area contributed by atoms with Crippen molar-refractivity contribution in [1.29, 1.82) is 0 Å². The van der Waals surface area contributed by atoms with Crippen molar-refractivity contribution in [2.75, 3.05) is 40.6 Å². The number of piperidine rings is 1. The Morgan fingerprint density at radius 3 is 2.64 bits per heavy atom. The van der Waals surface area contributed by atoms with Crippen LogP contribution in [0.5, 0.6) is 0 Å². The van der Waals surface area contributed by atoms with Crippen LogP contribution in [0, 0.1) is 0 Å². The number of hydrogen-bond donors (Lipinski definition) is 1. The van der Waals surface area contributed by atoms with Crippen molar-refractivity contribution < 1.29 is 19.1 Å². The molecule has 1 rings (SSSR count). The first-order valence-electron chi connectivity index (χ1n) is 5.27. The monoisotopic (exact) mass is 204 g/mol. The summed E-state index contributed by atoms with van der Waals surface area (Å²) in [6, 6.07) is 0. The van der Waals surface area contributed by atoms with E-state index in [1.165, 1.54) is 6.42 Å². The van der Waals surface area contributed by atoms with Gasteiger partial charge in [-0.1, -0.05) is 0 Å². The quantitative estimate of drug-likeness (QED) is 0.665. The van der Waals surface area contributed by atoms with E-state index in [1.54, 1.807) is 14.2 Å². The summed E-state index contributed by atoms with van der Waals surface area (Å²) in [7, 11) is 3.38. The molecule has 1 heterocycles. The van der Waals surface area contributed by atoms with Crippen LogP contribution in [0.25, 0.3) is 0 Å². The van der Waals surface area contributed by atoms with E-state index in [-0.39, 0.29) is 6.23 Å². The fourth-order valence-electron chi connectivity index (χ4n) is 2.18. The molecule has 0 bridgehead atoms. The molecule has 0 aromatic carbocycles. The minimum atomic E-state index is -0.279. The van der Waals surface area contributed by atoms with Gasteiger partial charge in [0.25, 0.3) is 0 Å². The topological polar surface area (TPSA) is 38.7 Å². The third kappa shape index (κ3) is 2.67. The summed E-state index contributed by atoms with van der Waals surface area (Å²) in [4.78, 5) is 0. The standard InChI is InChI=1S/C10H22NO3/c1-13-8-7-11(9-14-2)6-4-3-5-10(11)12/h10,12H,3-9H2,1-2H3/q+1. The van der Waals surface area contributed by atoms with Crippen molar-refractivity contribution >= 4 is 0 Å². The fraction of sp³-hybridized carbons (Fsp3) is 1.00. The van der Waals surface area contributed by atoms with Gasteiger partial charge in [-0.3, -0.25) is 4.48 Å². The van der Waals surface area contributed by atoms with E-state index in [4.69, 9.17) is 9.47 Å². The maximum absolute atomic E-state index is 10.0. The largest absolute Gasteiger partial charge is 0.379 e. The molecular formula is C10H22NO3+.